The van der Waals surface area contributed by atoms with Crippen molar-refractivity contribution < 1.29 is 9.53 Å². The van der Waals surface area contributed by atoms with E-state index < -0.39 is 0 Å². The highest BCUT2D eigenvalue weighted by Crippen LogP contribution is 2.05. The van der Waals surface area contributed by atoms with E-state index in [2.05, 4.69) is 28.6 Å². The first-order valence-corrected chi connectivity index (χ1v) is 4.71. The van der Waals surface area contributed by atoms with E-state index in [0.29, 0.717) is 11.7 Å². The molecule has 4 nitrogen and oxygen atoms in total. The number of nitrogens with one attached hydrogen (secondary N) is 1. The van der Waals surface area contributed by atoms with Crippen molar-refractivity contribution in [3.8, 4) is 0 Å². The molecule has 0 aliphatic carbocycles. The Morgan fingerprint density at radius 1 is 1.64 bits per heavy atom. The number of aromatic amines is 1. The molecule has 0 aromatic carbocycles. The molecular formula is C10H16N2O2. The average Bonchev–Trinajstić information content (AvgIpc) is 2.51. The molecule has 0 unspecified atom stereocenters. The van der Waals surface area contributed by atoms with E-state index in [9.17, 15) is 4.79 Å². The lowest BCUT2D eigenvalue weighted by Gasteiger charge is -2.00. The van der Waals surface area contributed by atoms with E-state index in [-0.39, 0.29) is 12.4 Å². The maximum Gasteiger partial charge on any atom is 0.313 e. The molecule has 1 rings (SSSR count). The van der Waals surface area contributed by atoms with Crippen LogP contribution >= 0.6 is 0 Å². The van der Waals surface area contributed by atoms with Crippen LogP contribution in [0.15, 0.2) is 6.20 Å². The Labute approximate surface area is 83.7 Å². The Morgan fingerprint density at radius 2 is 2.36 bits per heavy atom. The van der Waals surface area contributed by atoms with Gasteiger partial charge in [0.25, 0.3) is 0 Å². The van der Waals surface area contributed by atoms with Crippen molar-refractivity contribution in [2.75, 3.05) is 7.11 Å². The molecule has 0 atom stereocenters. The fraction of sp³-hybridized carbons (Fsp3) is 0.600. The van der Waals surface area contributed by atoms with Crippen LogP contribution in [0.5, 0.6) is 0 Å². The van der Waals surface area contributed by atoms with Gasteiger partial charge >= 0.3 is 5.97 Å². The molecular weight excluding hydrogens is 180 g/mol. The van der Waals surface area contributed by atoms with E-state index in [1.54, 1.807) is 6.20 Å². The summed E-state index contributed by atoms with van der Waals surface area (Å²) >= 11 is 0. The zero-order valence-electron chi connectivity index (χ0n) is 8.83. The van der Waals surface area contributed by atoms with Gasteiger partial charge in [0.1, 0.15) is 12.2 Å². The molecule has 1 heterocycles. The van der Waals surface area contributed by atoms with Crippen molar-refractivity contribution in [2.24, 2.45) is 5.92 Å². The van der Waals surface area contributed by atoms with Gasteiger partial charge in [-0.3, -0.25) is 4.79 Å². The van der Waals surface area contributed by atoms with Crippen LogP contribution in [-0.2, 0) is 22.4 Å². The van der Waals surface area contributed by atoms with Gasteiger partial charge in [-0.05, 0) is 12.3 Å². The van der Waals surface area contributed by atoms with E-state index in [0.717, 1.165) is 12.1 Å². The molecule has 0 saturated carbocycles. The predicted octanol–water partition coefficient (Wildman–Crippen LogP) is 1.32. The summed E-state index contributed by atoms with van der Waals surface area (Å²) in [5, 5.41) is 0. The van der Waals surface area contributed by atoms with Gasteiger partial charge in [0.05, 0.1) is 7.11 Å². The molecule has 1 aromatic rings. The highest BCUT2D eigenvalue weighted by molar-refractivity contribution is 5.71. The fourth-order valence-electron chi connectivity index (χ4n) is 1.25. The second-order valence-corrected chi connectivity index (χ2v) is 3.71. The Bertz CT molecular complexity index is 305. The average molecular weight is 196 g/mol. The summed E-state index contributed by atoms with van der Waals surface area (Å²) in [7, 11) is 1.38. The first-order valence-electron chi connectivity index (χ1n) is 4.71. The second kappa shape index (κ2) is 4.79. The van der Waals surface area contributed by atoms with E-state index in [1.807, 2.05) is 0 Å². The summed E-state index contributed by atoms with van der Waals surface area (Å²) in [6.07, 6.45) is 2.95. The molecule has 4 heteroatoms. The monoisotopic (exact) mass is 196 g/mol. The quantitative estimate of drug-likeness (QED) is 0.739. The summed E-state index contributed by atoms with van der Waals surface area (Å²) in [5.74, 6) is 0.990. The summed E-state index contributed by atoms with van der Waals surface area (Å²) in [6, 6.07) is 0. The third-order valence-corrected chi connectivity index (χ3v) is 1.85. The van der Waals surface area contributed by atoms with Crippen LogP contribution in [0.3, 0.4) is 0 Å². The number of methoxy groups -OCH3 is 1. The highest BCUT2D eigenvalue weighted by Gasteiger charge is 2.07. The van der Waals surface area contributed by atoms with Crippen LogP contribution in [0.1, 0.15) is 25.4 Å². The molecule has 0 fully saturated rings. The van der Waals surface area contributed by atoms with Crippen molar-refractivity contribution >= 4 is 5.97 Å². The Kier molecular flexibility index (Phi) is 3.68. The van der Waals surface area contributed by atoms with Crippen molar-refractivity contribution in [2.45, 2.75) is 26.7 Å². The topological polar surface area (TPSA) is 55.0 Å². The van der Waals surface area contributed by atoms with Crippen molar-refractivity contribution in [1.29, 1.82) is 0 Å². The molecule has 0 spiro atoms. The number of carbonyl (C=O) groups excluding carboxylic acids is 1. The minimum atomic E-state index is -0.268. The van der Waals surface area contributed by atoms with Gasteiger partial charge in [0.2, 0.25) is 0 Å². The number of ether oxygens (including phenoxy) is 1. The standard InChI is InChI=1S/C10H16N2O2/c1-7(2)4-8-6-11-9(12-8)5-10(13)14-3/h6-7H,4-5H2,1-3H3,(H,11,12). The number of imidazole rings is 1. The van der Waals surface area contributed by atoms with Crippen molar-refractivity contribution in [3.63, 3.8) is 0 Å². The summed E-state index contributed by atoms with van der Waals surface area (Å²) in [4.78, 5) is 18.1. The van der Waals surface area contributed by atoms with Crippen molar-refractivity contribution in [3.05, 3.63) is 17.7 Å². The van der Waals surface area contributed by atoms with Crippen LogP contribution in [0.25, 0.3) is 0 Å². The van der Waals surface area contributed by atoms with Crippen LogP contribution in [0.4, 0.5) is 0 Å². The lowest BCUT2D eigenvalue weighted by molar-refractivity contribution is -0.139. The number of hydrogen-bond acceptors (Lipinski definition) is 3. The normalized spacial score (nSPS) is 10.6. The summed E-state index contributed by atoms with van der Waals surface area (Å²) in [5.41, 5.74) is 1.07. The molecule has 0 aliphatic rings. The molecule has 0 amide bonds. The molecule has 1 aromatic heterocycles. The minimum Gasteiger partial charge on any atom is -0.469 e. The lowest BCUT2D eigenvalue weighted by atomic mass is 10.1. The van der Waals surface area contributed by atoms with Gasteiger partial charge in [-0.1, -0.05) is 13.8 Å². The maximum absolute atomic E-state index is 10.9. The number of rotatable bonds is 4. The molecule has 0 bridgehead atoms. The number of esters is 1. The number of carbonyl (C=O) groups is 1. The van der Waals surface area contributed by atoms with E-state index >= 15 is 0 Å². The van der Waals surface area contributed by atoms with Gasteiger partial charge in [-0.15, -0.1) is 0 Å². The van der Waals surface area contributed by atoms with Crippen LogP contribution in [-0.4, -0.2) is 23.0 Å². The number of hydrogen-bond donors (Lipinski definition) is 1. The molecule has 0 aliphatic heterocycles. The smallest absolute Gasteiger partial charge is 0.313 e. The molecule has 78 valence electrons. The van der Waals surface area contributed by atoms with Gasteiger partial charge in [0, 0.05) is 11.9 Å². The molecule has 0 saturated heterocycles. The van der Waals surface area contributed by atoms with Gasteiger partial charge in [-0.25, -0.2) is 4.98 Å². The molecule has 1 N–H and O–H groups in total. The first-order chi connectivity index (χ1) is 6.61. The van der Waals surface area contributed by atoms with Crippen LogP contribution in [0, 0.1) is 5.92 Å². The van der Waals surface area contributed by atoms with Gasteiger partial charge in [-0.2, -0.15) is 0 Å². The minimum absolute atomic E-state index is 0.217. The maximum atomic E-state index is 10.9. The Balaban J connectivity index is 2.55. The SMILES string of the molecule is COC(=O)Cc1ncc(CC(C)C)[nH]1. The number of aromatic nitrogens is 2. The molecule has 0 radical (unpaired) electrons. The third kappa shape index (κ3) is 3.20. The Hall–Kier alpha value is -1.32. The van der Waals surface area contributed by atoms with Gasteiger partial charge < -0.3 is 9.72 Å². The zero-order valence-corrected chi connectivity index (χ0v) is 8.83. The van der Waals surface area contributed by atoms with Crippen LogP contribution in [0.2, 0.25) is 0 Å². The Morgan fingerprint density at radius 3 is 2.93 bits per heavy atom. The largest absolute Gasteiger partial charge is 0.469 e. The van der Waals surface area contributed by atoms with E-state index in [4.69, 9.17) is 0 Å². The summed E-state index contributed by atoms with van der Waals surface area (Å²) < 4.78 is 4.55. The highest BCUT2D eigenvalue weighted by atomic mass is 16.5. The number of H-pyrrole nitrogens is 1. The fourth-order valence-corrected chi connectivity index (χ4v) is 1.25. The number of nitrogens with zero attached hydrogens (tertiary/aromatic N) is 1. The lowest BCUT2D eigenvalue weighted by Crippen LogP contribution is -2.06. The van der Waals surface area contributed by atoms with Gasteiger partial charge in [0.15, 0.2) is 0 Å². The molecule has 14 heavy (non-hydrogen) atoms. The van der Waals surface area contributed by atoms with Crippen molar-refractivity contribution in [1.82, 2.24) is 9.97 Å². The predicted molar refractivity (Wildman–Crippen MR) is 52.8 cm³/mol. The summed E-state index contributed by atoms with van der Waals surface area (Å²) in [6.45, 7) is 4.28. The van der Waals surface area contributed by atoms with E-state index in [1.165, 1.54) is 7.11 Å². The zero-order chi connectivity index (χ0) is 10.6. The third-order valence-electron chi connectivity index (χ3n) is 1.85. The second-order valence-electron chi connectivity index (χ2n) is 3.71. The first kappa shape index (κ1) is 10.8. The van der Waals surface area contributed by atoms with Crippen LogP contribution < -0.4 is 0 Å².